The molecule has 0 atom stereocenters. The van der Waals surface area contributed by atoms with Crippen LogP contribution in [0.15, 0.2) is 22.6 Å². The molecule has 0 fully saturated rings. The van der Waals surface area contributed by atoms with E-state index in [0.29, 0.717) is 0 Å². The average molecular weight is 256 g/mol. The highest BCUT2D eigenvalue weighted by atomic mass is 16.3. The van der Waals surface area contributed by atoms with E-state index in [1.807, 2.05) is 51.0 Å². The van der Waals surface area contributed by atoms with Crippen LogP contribution in [0.25, 0.3) is 22.6 Å². The Labute approximate surface area is 111 Å². The van der Waals surface area contributed by atoms with Gasteiger partial charge in [-0.05, 0) is 32.0 Å². The van der Waals surface area contributed by atoms with Crippen molar-refractivity contribution in [3.05, 3.63) is 29.7 Å². The molecule has 3 aromatic rings. The number of hydrogen-bond acceptors (Lipinski definition) is 4. The van der Waals surface area contributed by atoms with E-state index in [2.05, 4.69) is 15.0 Å². The molecule has 19 heavy (non-hydrogen) atoms. The van der Waals surface area contributed by atoms with Crippen molar-refractivity contribution < 1.29 is 4.42 Å². The van der Waals surface area contributed by atoms with Crippen molar-refractivity contribution in [2.45, 2.75) is 13.8 Å². The molecule has 0 saturated carbocycles. The molecule has 0 spiro atoms. The fourth-order valence-corrected chi connectivity index (χ4v) is 2.13. The number of hydrogen-bond donors (Lipinski definition) is 1. The minimum Gasteiger partial charge on any atom is -0.466 e. The van der Waals surface area contributed by atoms with Crippen LogP contribution in [-0.4, -0.2) is 29.0 Å². The Hall–Kier alpha value is -2.30. The highest BCUT2D eigenvalue weighted by molar-refractivity contribution is 5.78. The lowest BCUT2D eigenvalue weighted by Crippen LogP contribution is -2.10. The van der Waals surface area contributed by atoms with Crippen molar-refractivity contribution in [2.75, 3.05) is 19.0 Å². The van der Waals surface area contributed by atoms with E-state index in [1.54, 1.807) is 0 Å². The Kier molecular flexibility index (Phi) is 2.55. The number of aromatic amines is 1. The highest BCUT2D eigenvalue weighted by Gasteiger charge is 2.12. The first kappa shape index (κ1) is 11.8. The van der Waals surface area contributed by atoms with Crippen LogP contribution in [0.3, 0.4) is 0 Å². The van der Waals surface area contributed by atoms with Gasteiger partial charge < -0.3 is 14.3 Å². The first-order valence-corrected chi connectivity index (χ1v) is 6.16. The predicted molar refractivity (Wildman–Crippen MR) is 75.4 cm³/mol. The molecular formula is C14H16N4O. The molecule has 5 nitrogen and oxygen atoms in total. The third kappa shape index (κ3) is 1.97. The van der Waals surface area contributed by atoms with Gasteiger partial charge in [0.25, 0.3) is 0 Å². The van der Waals surface area contributed by atoms with Gasteiger partial charge in [0.1, 0.15) is 23.2 Å². The second kappa shape index (κ2) is 4.12. The van der Waals surface area contributed by atoms with Crippen LogP contribution in [0.4, 0.5) is 5.82 Å². The maximum atomic E-state index is 5.54. The van der Waals surface area contributed by atoms with Crippen LogP contribution in [0.2, 0.25) is 0 Å². The summed E-state index contributed by atoms with van der Waals surface area (Å²) in [5.74, 6) is 3.44. The lowest BCUT2D eigenvalue weighted by atomic mass is 10.2. The number of aromatic nitrogens is 3. The van der Waals surface area contributed by atoms with Crippen LogP contribution in [0, 0.1) is 13.8 Å². The normalized spacial score (nSPS) is 11.2. The number of nitrogens with one attached hydrogen (secondary N) is 1. The topological polar surface area (TPSA) is 58.0 Å². The van der Waals surface area contributed by atoms with Crippen LogP contribution >= 0.6 is 0 Å². The standard InChI is InChI=1S/C14H16N4O/c1-8-7-10(9(2)19-8)13-15-11-5-6-12(18(3)4)16-14(11)17-13/h5-7H,1-4H3,(H,15,16,17). The maximum Gasteiger partial charge on any atom is 0.180 e. The summed E-state index contributed by atoms with van der Waals surface area (Å²) in [6.07, 6.45) is 0. The number of anilines is 1. The van der Waals surface area contributed by atoms with Gasteiger partial charge in [-0.25, -0.2) is 9.97 Å². The summed E-state index contributed by atoms with van der Waals surface area (Å²) >= 11 is 0. The van der Waals surface area contributed by atoms with Gasteiger partial charge in [0.05, 0.1) is 11.1 Å². The molecule has 3 heterocycles. The molecule has 0 saturated heterocycles. The number of nitrogens with zero attached hydrogens (tertiary/aromatic N) is 3. The minimum absolute atomic E-state index is 0.722. The SMILES string of the molecule is Cc1cc(-c2nc3nc(N(C)C)ccc3[nH]2)c(C)o1. The molecule has 0 radical (unpaired) electrons. The average Bonchev–Trinajstić information content (AvgIpc) is 2.90. The summed E-state index contributed by atoms with van der Waals surface area (Å²) < 4.78 is 5.54. The summed E-state index contributed by atoms with van der Waals surface area (Å²) in [5.41, 5.74) is 2.64. The number of rotatable bonds is 2. The van der Waals surface area contributed by atoms with Gasteiger partial charge in [-0.3, -0.25) is 0 Å². The summed E-state index contributed by atoms with van der Waals surface area (Å²) in [5, 5.41) is 0. The zero-order chi connectivity index (χ0) is 13.6. The number of H-pyrrole nitrogens is 1. The Morgan fingerprint density at radius 2 is 1.95 bits per heavy atom. The van der Waals surface area contributed by atoms with E-state index >= 15 is 0 Å². The van der Waals surface area contributed by atoms with Crippen molar-refractivity contribution in [2.24, 2.45) is 0 Å². The summed E-state index contributed by atoms with van der Waals surface area (Å²) in [7, 11) is 3.93. The maximum absolute atomic E-state index is 5.54. The molecule has 0 aliphatic heterocycles. The second-order valence-electron chi connectivity index (χ2n) is 4.85. The Bertz CT molecular complexity index is 739. The van der Waals surface area contributed by atoms with Gasteiger partial charge in [-0.2, -0.15) is 0 Å². The molecule has 0 aliphatic rings. The quantitative estimate of drug-likeness (QED) is 0.766. The van der Waals surface area contributed by atoms with E-state index < -0.39 is 0 Å². The number of furan rings is 1. The van der Waals surface area contributed by atoms with Gasteiger partial charge in [0, 0.05) is 14.1 Å². The summed E-state index contributed by atoms with van der Waals surface area (Å²) in [4.78, 5) is 14.3. The lowest BCUT2D eigenvalue weighted by Gasteiger charge is -2.09. The molecule has 3 aromatic heterocycles. The minimum atomic E-state index is 0.722. The second-order valence-corrected chi connectivity index (χ2v) is 4.85. The van der Waals surface area contributed by atoms with E-state index in [0.717, 1.165) is 39.9 Å². The van der Waals surface area contributed by atoms with Gasteiger partial charge in [0.2, 0.25) is 0 Å². The third-order valence-electron chi connectivity index (χ3n) is 3.09. The molecule has 98 valence electrons. The Morgan fingerprint density at radius 1 is 1.16 bits per heavy atom. The van der Waals surface area contributed by atoms with Gasteiger partial charge in [0.15, 0.2) is 5.65 Å². The molecule has 0 amide bonds. The van der Waals surface area contributed by atoms with E-state index in [1.165, 1.54) is 0 Å². The van der Waals surface area contributed by atoms with Crippen molar-refractivity contribution >= 4 is 17.0 Å². The highest BCUT2D eigenvalue weighted by Crippen LogP contribution is 2.26. The van der Waals surface area contributed by atoms with Crippen molar-refractivity contribution in [3.63, 3.8) is 0 Å². The molecule has 1 N–H and O–H groups in total. The van der Waals surface area contributed by atoms with Crippen LogP contribution in [-0.2, 0) is 0 Å². The van der Waals surface area contributed by atoms with E-state index in [4.69, 9.17) is 4.42 Å². The van der Waals surface area contributed by atoms with Crippen LogP contribution < -0.4 is 4.90 Å². The van der Waals surface area contributed by atoms with Gasteiger partial charge in [-0.1, -0.05) is 0 Å². The van der Waals surface area contributed by atoms with Crippen molar-refractivity contribution in [3.8, 4) is 11.4 Å². The third-order valence-corrected chi connectivity index (χ3v) is 3.09. The fraction of sp³-hybridized carbons (Fsp3) is 0.286. The summed E-state index contributed by atoms with van der Waals surface area (Å²) in [6.45, 7) is 3.87. The first-order chi connectivity index (χ1) is 9.04. The molecule has 0 unspecified atom stereocenters. The Balaban J connectivity index is 2.14. The lowest BCUT2D eigenvalue weighted by molar-refractivity contribution is 0.505. The largest absolute Gasteiger partial charge is 0.466 e. The zero-order valence-electron chi connectivity index (χ0n) is 11.5. The number of pyridine rings is 1. The smallest absolute Gasteiger partial charge is 0.180 e. The molecule has 3 rings (SSSR count). The number of imidazole rings is 1. The zero-order valence-corrected chi connectivity index (χ0v) is 11.5. The van der Waals surface area contributed by atoms with Crippen molar-refractivity contribution in [1.82, 2.24) is 15.0 Å². The fourth-order valence-electron chi connectivity index (χ4n) is 2.13. The van der Waals surface area contributed by atoms with Crippen molar-refractivity contribution in [1.29, 1.82) is 0 Å². The Morgan fingerprint density at radius 3 is 2.58 bits per heavy atom. The van der Waals surface area contributed by atoms with Crippen LogP contribution in [0.1, 0.15) is 11.5 Å². The van der Waals surface area contributed by atoms with Crippen LogP contribution in [0.5, 0.6) is 0 Å². The number of fused-ring (bicyclic) bond motifs is 1. The number of aryl methyl sites for hydroxylation is 2. The molecule has 5 heteroatoms. The van der Waals surface area contributed by atoms with E-state index in [-0.39, 0.29) is 0 Å². The molecule has 0 bridgehead atoms. The van der Waals surface area contributed by atoms with Gasteiger partial charge >= 0.3 is 0 Å². The molecular weight excluding hydrogens is 240 g/mol. The van der Waals surface area contributed by atoms with E-state index in [9.17, 15) is 0 Å². The molecule has 0 aliphatic carbocycles. The van der Waals surface area contributed by atoms with Gasteiger partial charge in [-0.15, -0.1) is 0 Å². The monoisotopic (exact) mass is 256 g/mol. The summed E-state index contributed by atoms with van der Waals surface area (Å²) in [6, 6.07) is 5.95. The molecule has 0 aromatic carbocycles. The predicted octanol–water partition coefficient (Wildman–Crippen LogP) is 2.90. The first-order valence-electron chi connectivity index (χ1n) is 6.16.